The number of nitrogens with zero attached hydrogens (tertiary/aromatic N) is 2. The second kappa shape index (κ2) is 8.74. The molecule has 160 valence electrons. The summed E-state index contributed by atoms with van der Waals surface area (Å²) in [5.41, 5.74) is 0.469. The molecule has 1 unspecified atom stereocenters. The summed E-state index contributed by atoms with van der Waals surface area (Å²) in [5, 5.41) is 0. The van der Waals surface area contributed by atoms with Gasteiger partial charge in [-0.25, -0.2) is 13.1 Å². The van der Waals surface area contributed by atoms with Gasteiger partial charge in [0.1, 0.15) is 0 Å². The van der Waals surface area contributed by atoms with Crippen LogP contribution >= 0.6 is 0 Å². The summed E-state index contributed by atoms with van der Waals surface area (Å²) in [7, 11) is -3.55. The molecule has 1 aromatic carbocycles. The molecule has 0 aromatic heterocycles. The summed E-state index contributed by atoms with van der Waals surface area (Å²) in [6.45, 7) is 7.24. The van der Waals surface area contributed by atoms with Crippen LogP contribution in [0.15, 0.2) is 29.2 Å². The van der Waals surface area contributed by atoms with Gasteiger partial charge in [-0.2, -0.15) is 0 Å². The predicted octanol–water partition coefficient (Wildman–Crippen LogP) is 2.71. The van der Waals surface area contributed by atoms with Crippen molar-refractivity contribution in [2.24, 2.45) is 11.8 Å². The van der Waals surface area contributed by atoms with Crippen LogP contribution in [0.1, 0.15) is 55.8 Å². The molecule has 6 nitrogen and oxygen atoms in total. The van der Waals surface area contributed by atoms with Gasteiger partial charge in [0.15, 0.2) is 0 Å². The highest BCUT2D eigenvalue weighted by molar-refractivity contribution is 7.89. The Bertz CT molecular complexity index is 829. The third-order valence-corrected chi connectivity index (χ3v) is 8.01. The second-order valence-electron chi connectivity index (χ2n) is 9.17. The molecule has 29 heavy (non-hydrogen) atoms. The molecular formula is C22H33N3O3S. The molecule has 4 rings (SSSR count). The zero-order valence-electron chi connectivity index (χ0n) is 17.3. The number of benzene rings is 1. The molecule has 1 aliphatic carbocycles. The minimum absolute atomic E-state index is 0.0505. The minimum Gasteiger partial charge on any atom is -0.338 e. The number of carbonyl (C=O) groups is 1. The van der Waals surface area contributed by atoms with E-state index in [0.29, 0.717) is 11.5 Å². The topological polar surface area (TPSA) is 69.7 Å². The summed E-state index contributed by atoms with van der Waals surface area (Å²) in [6.07, 6.45) is 6.50. The smallest absolute Gasteiger partial charge is 0.253 e. The van der Waals surface area contributed by atoms with Gasteiger partial charge in [-0.15, -0.1) is 0 Å². The molecule has 2 saturated heterocycles. The first-order chi connectivity index (χ1) is 13.9. The van der Waals surface area contributed by atoms with Crippen molar-refractivity contribution in [3.05, 3.63) is 29.8 Å². The Hall–Kier alpha value is -1.44. The summed E-state index contributed by atoms with van der Waals surface area (Å²) >= 11 is 0. The lowest BCUT2D eigenvalue weighted by Gasteiger charge is -2.38. The van der Waals surface area contributed by atoms with Crippen LogP contribution in [0.3, 0.4) is 0 Å². The van der Waals surface area contributed by atoms with E-state index < -0.39 is 10.0 Å². The molecule has 0 radical (unpaired) electrons. The number of carbonyl (C=O) groups excluding carboxylic acids is 1. The van der Waals surface area contributed by atoms with Crippen LogP contribution in [-0.2, 0) is 10.0 Å². The van der Waals surface area contributed by atoms with Crippen molar-refractivity contribution in [1.29, 1.82) is 0 Å². The number of hydrogen-bond donors (Lipinski definition) is 1. The Morgan fingerprint density at radius 2 is 1.86 bits per heavy atom. The molecule has 1 amide bonds. The van der Waals surface area contributed by atoms with Crippen LogP contribution in [0.4, 0.5) is 0 Å². The monoisotopic (exact) mass is 419 g/mol. The van der Waals surface area contributed by atoms with Crippen LogP contribution in [0.25, 0.3) is 0 Å². The lowest BCUT2D eigenvalue weighted by atomic mass is 9.94. The van der Waals surface area contributed by atoms with Gasteiger partial charge < -0.3 is 9.80 Å². The van der Waals surface area contributed by atoms with Gasteiger partial charge in [-0.05, 0) is 81.6 Å². The maximum Gasteiger partial charge on any atom is 0.253 e. The van der Waals surface area contributed by atoms with Gasteiger partial charge in [-0.3, -0.25) is 4.79 Å². The molecule has 2 aliphatic heterocycles. The van der Waals surface area contributed by atoms with Crippen LogP contribution < -0.4 is 4.72 Å². The number of hydrogen-bond acceptors (Lipinski definition) is 4. The van der Waals surface area contributed by atoms with Crippen molar-refractivity contribution in [2.75, 3.05) is 32.7 Å². The van der Waals surface area contributed by atoms with E-state index in [4.69, 9.17) is 0 Å². The van der Waals surface area contributed by atoms with E-state index in [1.54, 1.807) is 18.2 Å². The number of likely N-dealkylation sites (tertiary alicyclic amines) is 2. The summed E-state index contributed by atoms with van der Waals surface area (Å²) in [6, 6.07) is 6.56. The van der Waals surface area contributed by atoms with Crippen LogP contribution in [-0.4, -0.2) is 62.9 Å². The highest BCUT2D eigenvalue weighted by Gasteiger charge is 2.30. The van der Waals surface area contributed by atoms with E-state index in [1.807, 2.05) is 4.90 Å². The molecular weight excluding hydrogens is 386 g/mol. The Labute approximate surface area is 174 Å². The molecule has 1 saturated carbocycles. The lowest BCUT2D eigenvalue weighted by molar-refractivity contribution is 0.0622. The number of amides is 1. The van der Waals surface area contributed by atoms with Gasteiger partial charge in [0.05, 0.1) is 4.90 Å². The first-order valence-corrected chi connectivity index (χ1v) is 12.5. The fourth-order valence-corrected chi connectivity index (χ4v) is 5.83. The molecule has 1 atom stereocenters. The average molecular weight is 420 g/mol. The normalized spacial score (nSPS) is 24.6. The van der Waals surface area contributed by atoms with E-state index in [9.17, 15) is 13.2 Å². The van der Waals surface area contributed by atoms with Crippen LogP contribution in [0.5, 0.6) is 0 Å². The fourth-order valence-electron chi connectivity index (χ4n) is 4.48. The zero-order chi connectivity index (χ0) is 20.4. The Morgan fingerprint density at radius 3 is 2.59 bits per heavy atom. The van der Waals surface area contributed by atoms with Gasteiger partial charge in [0.25, 0.3) is 5.91 Å². The highest BCUT2D eigenvalue weighted by atomic mass is 32.2. The molecule has 3 fully saturated rings. The zero-order valence-corrected chi connectivity index (χ0v) is 18.2. The van der Waals surface area contributed by atoms with Crippen molar-refractivity contribution < 1.29 is 13.2 Å². The van der Waals surface area contributed by atoms with Gasteiger partial charge in [0.2, 0.25) is 10.0 Å². The third kappa shape index (κ3) is 5.38. The molecule has 2 heterocycles. The van der Waals surface area contributed by atoms with Crippen molar-refractivity contribution in [3.8, 4) is 0 Å². The van der Waals surface area contributed by atoms with E-state index >= 15 is 0 Å². The van der Waals surface area contributed by atoms with Crippen molar-refractivity contribution >= 4 is 15.9 Å². The molecule has 3 aliphatic rings. The first-order valence-electron chi connectivity index (χ1n) is 11.0. The van der Waals surface area contributed by atoms with Crippen molar-refractivity contribution in [2.45, 2.75) is 56.4 Å². The Morgan fingerprint density at radius 1 is 1.10 bits per heavy atom. The lowest BCUT2D eigenvalue weighted by Crippen LogP contribution is -2.45. The molecule has 1 N–H and O–H groups in total. The molecule has 0 spiro atoms. The van der Waals surface area contributed by atoms with Crippen molar-refractivity contribution in [3.63, 3.8) is 0 Å². The number of rotatable bonds is 6. The van der Waals surface area contributed by atoms with E-state index in [-0.39, 0.29) is 16.8 Å². The minimum atomic E-state index is -3.55. The molecule has 1 aromatic rings. The van der Waals surface area contributed by atoms with Crippen molar-refractivity contribution in [1.82, 2.24) is 14.5 Å². The van der Waals surface area contributed by atoms with Gasteiger partial charge >= 0.3 is 0 Å². The number of sulfonamides is 1. The standard InChI is InChI=1S/C22H33N3O3S/c1-17-9-12-24(13-10-17)15-18-4-3-11-25(16-18)22(26)19-5-2-6-21(14-19)29(27,28)23-20-7-8-20/h2,5-6,14,17-18,20,23H,3-4,7-13,15-16H2,1H3. The largest absolute Gasteiger partial charge is 0.338 e. The molecule has 7 heteroatoms. The van der Waals surface area contributed by atoms with E-state index in [0.717, 1.165) is 51.2 Å². The number of piperidine rings is 2. The second-order valence-corrected chi connectivity index (χ2v) is 10.9. The SMILES string of the molecule is CC1CCN(CC2CCCN(C(=O)c3cccc(S(=O)(=O)NC4CC4)c3)C2)CC1. The highest BCUT2D eigenvalue weighted by Crippen LogP contribution is 2.25. The number of nitrogens with one attached hydrogen (secondary N) is 1. The summed E-state index contributed by atoms with van der Waals surface area (Å²) in [5.74, 6) is 1.28. The summed E-state index contributed by atoms with van der Waals surface area (Å²) in [4.78, 5) is 17.7. The van der Waals surface area contributed by atoms with E-state index in [2.05, 4.69) is 16.5 Å². The molecule has 0 bridgehead atoms. The Balaban J connectivity index is 1.39. The van der Waals surface area contributed by atoms with E-state index in [1.165, 1.54) is 32.0 Å². The van der Waals surface area contributed by atoms with Crippen LogP contribution in [0, 0.1) is 11.8 Å². The van der Waals surface area contributed by atoms with Crippen LogP contribution in [0.2, 0.25) is 0 Å². The predicted molar refractivity (Wildman–Crippen MR) is 113 cm³/mol. The van der Waals surface area contributed by atoms with Gasteiger partial charge in [0, 0.05) is 31.2 Å². The fraction of sp³-hybridized carbons (Fsp3) is 0.682. The first kappa shape index (κ1) is 20.8. The maximum absolute atomic E-state index is 13.1. The average Bonchev–Trinajstić information content (AvgIpc) is 3.53. The summed E-state index contributed by atoms with van der Waals surface area (Å²) < 4.78 is 27.7. The maximum atomic E-state index is 13.1. The quantitative estimate of drug-likeness (QED) is 0.770. The van der Waals surface area contributed by atoms with Gasteiger partial charge in [-0.1, -0.05) is 13.0 Å². The third-order valence-electron chi connectivity index (χ3n) is 6.49. The Kier molecular flexibility index (Phi) is 6.27.